The van der Waals surface area contributed by atoms with Crippen LogP contribution in [0.25, 0.3) is 0 Å². The second-order valence-electron chi connectivity index (χ2n) is 4.87. The Morgan fingerprint density at radius 3 is 2.60 bits per heavy atom. The van der Waals surface area contributed by atoms with Crippen LogP contribution in [-0.2, 0) is 19.6 Å². The molecule has 6 nitrogen and oxygen atoms in total. The number of carboxylic acid groups (broad SMARTS) is 1. The molecule has 1 aromatic carbocycles. The molecule has 20 heavy (non-hydrogen) atoms. The standard InChI is InChI=1S/C12H14INO5S/c1-12(11(15)16)7-19-6-10(12)14-20(17,18)9-4-2-8(13)3-5-9/h2-5,10,14H,6-7H2,1H3,(H,15,16). The molecule has 0 aliphatic carbocycles. The van der Waals surface area contributed by atoms with Gasteiger partial charge in [0.1, 0.15) is 5.41 Å². The average Bonchev–Trinajstić information content (AvgIpc) is 2.72. The Morgan fingerprint density at radius 2 is 2.05 bits per heavy atom. The van der Waals surface area contributed by atoms with Crippen molar-refractivity contribution in [3.8, 4) is 0 Å². The van der Waals surface area contributed by atoms with E-state index in [-0.39, 0.29) is 18.1 Å². The second-order valence-corrected chi connectivity index (χ2v) is 7.83. The summed E-state index contributed by atoms with van der Waals surface area (Å²) in [6, 6.07) is 5.54. The number of carbonyl (C=O) groups is 1. The summed E-state index contributed by atoms with van der Waals surface area (Å²) in [5.41, 5.74) is -1.25. The molecule has 1 saturated heterocycles. The number of rotatable bonds is 4. The third-order valence-corrected chi connectivity index (χ3v) is 5.57. The SMILES string of the molecule is CC1(C(=O)O)COCC1NS(=O)(=O)c1ccc(I)cc1. The van der Waals surface area contributed by atoms with E-state index in [1.807, 2.05) is 0 Å². The van der Waals surface area contributed by atoms with Crippen molar-refractivity contribution >= 4 is 38.6 Å². The van der Waals surface area contributed by atoms with Crippen LogP contribution in [0.3, 0.4) is 0 Å². The van der Waals surface area contributed by atoms with E-state index < -0.39 is 27.4 Å². The normalized spacial score (nSPS) is 26.6. The highest BCUT2D eigenvalue weighted by molar-refractivity contribution is 14.1. The van der Waals surface area contributed by atoms with E-state index in [0.717, 1.165) is 3.57 Å². The highest BCUT2D eigenvalue weighted by Gasteiger charge is 2.48. The van der Waals surface area contributed by atoms with Gasteiger partial charge < -0.3 is 9.84 Å². The number of hydrogen-bond acceptors (Lipinski definition) is 4. The third kappa shape index (κ3) is 2.97. The smallest absolute Gasteiger partial charge is 0.313 e. The summed E-state index contributed by atoms with van der Waals surface area (Å²) < 4.78 is 33.0. The quantitative estimate of drug-likeness (QED) is 0.723. The predicted octanol–water partition coefficient (Wildman–Crippen LogP) is 1.06. The Kier molecular flexibility index (Phi) is 4.38. The van der Waals surface area contributed by atoms with Crippen LogP contribution < -0.4 is 4.72 Å². The maximum absolute atomic E-state index is 12.2. The van der Waals surface area contributed by atoms with Gasteiger partial charge in [0, 0.05) is 3.57 Å². The molecule has 1 aliphatic heterocycles. The van der Waals surface area contributed by atoms with Crippen LogP contribution in [-0.4, -0.2) is 38.7 Å². The topological polar surface area (TPSA) is 92.7 Å². The van der Waals surface area contributed by atoms with Gasteiger partial charge in [-0.05, 0) is 53.8 Å². The largest absolute Gasteiger partial charge is 0.481 e. The van der Waals surface area contributed by atoms with Crippen LogP contribution in [0.2, 0.25) is 0 Å². The molecule has 0 aromatic heterocycles. The molecule has 0 saturated carbocycles. The molecule has 2 atom stereocenters. The molecule has 0 amide bonds. The zero-order valence-electron chi connectivity index (χ0n) is 10.7. The second kappa shape index (κ2) is 5.58. The molecule has 8 heteroatoms. The number of halogens is 1. The van der Waals surface area contributed by atoms with Gasteiger partial charge in [0.2, 0.25) is 10.0 Å². The Morgan fingerprint density at radius 1 is 1.45 bits per heavy atom. The lowest BCUT2D eigenvalue weighted by Crippen LogP contribution is -2.49. The zero-order chi connectivity index (χ0) is 15.0. The average molecular weight is 411 g/mol. The minimum absolute atomic E-state index is 0.0117. The molecular formula is C12H14INO5S. The van der Waals surface area contributed by atoms with E-state index >= 15 is 0 Å². The summed E-state index contributed by atoms with van der Waals surface area (Å²) in [6.07, 6.45) is 0. The first-order chi connectivity index (χ1) is 9.25. The number of ether oxygens (including phenoxy) is 1. The maximum Gasteiger partial charge on any atom is 0.313 e. The molecule has 2 rings (SSSR count). The monoisotopic (exact) mass is 411 g/mol. The van der Waals surface area contributed by atoms with Crippen LogP contribution in [0.15, 0.2) is 29.2 Å². The van der Waals surface area contributed by atoms with Crippen LogP contribution in [0.4, 0.5) is 0 Å². The lowest BCUT2D eigenvalue weighted by molar-refractivity contribution is -0.148. The first-order valence-electron chi connectivity index (χ1n) is 5.85. The summed E-state index contributed by atoms with van der Waals surface area (Å²) in [5.74, 6) is -1.08. The molecule has 0 bridgehead atoms. The fourth-order valence-corrected chi connectivity index (χ4v) is 3.61. The van der Waals surface area contributed by atoms with Crippen molar-refractivity contribution in [2.45, 2.75) is 17.9 Å². The van der Waals surface area contributed by atoms with Gasteiger partial charge in [-0.25, -0.2) is 13.1 Å². The van der Waals surface area contributed by atoms with Gasteiger partial charge in [0.05, 0.1) is 24.2 Å². The van der Waals surface area contributed by atoms with E-state index in [1.54, 1.807) is 12.1 Å². The van der Waals surface area contributed by atoms with Gasteiger partial charge in [-0.15, -0.1) is 0 Å². The van der Waals surface area contributed by atoms with E-state index in [0.29, 0.717) is 0 Å². The molecule has 2 N–H and O–H groups in total. The van der Waals surface area contributed by atoms with Crippen molar-refractivity contribution in [1.82, 2.24) is 4.72 Å². The van der Waals surface area contributed by atoms with Crippen molar-refractivity contribution in [2.75, 3.05) is 13.2 Å². The lowest BCUT2D eigenvalue weighted by Gasteiger charge is -2.25. The fraction of sp³-hybridized carbons (Fsp3) is 0.417. The van der Waals surface area contributed by atoms with Crippen molar-refractivity contribution in [3.05, 3.63) is 27.8 Å². The molecule has 1 heterocycles. The van der Waals surface area contributed by atoms with E-state index in [4.69, 9.17) is 4.74 Å². The van der Waals surface area contributed by atoms with E-state index in [9.17, 15) is 18.3 Å². The minimum Gasteiger partial charge on any atom is -0.481 e. The highest BCUT2D eigenvalue weighted by atomic mass is 127. The number of sulfonamides is 1. The number of benzene rings is 1. The predicted molar refractivity (Wildman–Crippen MR) is 79.8 cm³/mol. The molecule has 1 aromatic rings. The Labute approximate surface area is 130 Å². The summed E-state index contributed by atoms with van der Waals surface area (Å²) in [5, 5.41) is 9.23. The maximum atomic E-state index is 12.2. The molecule has 0 spiro atoms. The highest BCUT2D eigenvalue weighted by Crippen LogP contribution is 2.30. The van der Waals surface area contributed by atoms with E-state index in [1.165, 1.54) is 19.1 Å². The van der Waals surface area contributed by atoms with Gasteiger partial charge >= 0.3 is 5.97 Å². The molecule has 110 valence electrons. The first kappa shape index (κ1) is 15.7. The van der Waals surface area contributed by atoms with Gasteiger partial charge in [-0.2, -0.15) is 0 Å². The lowest BCUT2D eigenvalue weighted by atomic mass is 9.86. The summed E-state index contributed by atoms with van der Waals surface area (Å²) in [6.45, 7) is 1.51. The van der Waals surface area contributed by atoms with Crippen LogP contribution in [0, 0.1) is 8.99 Å². The minimum atomic E-state index is -3.76. The molecule has 0 radical (unpaired) electrons. The number of aliphatic carboxylic acids is 1. The molecular weight excluding hydrogens is 397 g/mol. The number of hydrogen-bond donors (Lipinski definition) is 2. The van der Waals surface area contributed by atoms with Crippen molar-refractivity contribution in [2.24, 2.45) is 5.41 Å². The fourth-order valence-electron chi connectivity index (χ4n) is 1.92. The summed E-state index contributed by atoms with van der Waals surface area (Å²) in [4.78, 5) is 11.4. The van der Waals surface area contributed by atoms with Crippen LogP contribution in [0.5, 0.6) is 0 Å². The zero-order valence-corrected chi connectivity index (χ0v) is 13.6. The summed E-state index contributed by atoms with van der Waals surface area (Å²) in [7, 11) is -3.76. The van der Waals surface area contributed by atoms with Gasteiger partial charge in [-0.3, -0.25) is 4.79 Å². The van der Waals surface area contributed by atoms with Gasteiger partial charge in [-0.1, -0.05) is 0 Å². The molecule has 2 unspecified atom stereocenters. The van der Waals surface area contributed by atoms with Crippen molar-refractivity contribution < 1.29 is 23.1 Å². The third-order valence-electron chi connectivity index (χ3n) is 3.37. The van der Waals surface area contributed by atoms with Crippen LogP contribution >= 0.6 is 22.6 Å². The molecule has 1 aliphatic rings. The Hall–Kier alpha value is -0.710. The van der Waals surface area contributed by atoms with Gasteiger partial charge in [0.15, 0.2) is 0 Å². The summed E-state index contributed by atoms with van der Waals surface area (Å²) >= 11 is 2.08. The van der Waals surface area contributed by atoms with Gasteiger partial charge in [0.25, 0.3) is 0 Å². The first-order valence-corrected chi connectivity index (χ1v) is 8.41. The number of carboxylic acids is 1. The molecule has 1 fully saturated rings. The van der Waals surface area contributed by atoms with E-state index in [2.05, 4.69) is 27.3 Å². The Bertz CT molecular complexity index is 615. The van der Waals surface area contributed by atoms with Crippen molar-refractivity contribution in [3.63, 3.8) is 0 Å². The van der Waals surface area contributed by atoms with Crippen LogP contribution in [0.1, 0.15) is 6.92 Å². The van der Waals surface area contributed by atoms with Crippen molar-refractivity contribution in [1.29, 1.82) is 0 Å². The number of nitrogens with one attached hydrogen (secondary N) is 1. The Balaban J connectivity index is 2.24.